The van der Waals surface area contributed by atoms with Crippen molar-refractivity contribution in [2.24, 2.45) is 0 Å². The molecule has 0 nitrogen and oxygen atoms in total. The monoisotopic (exact) mass is 203 g/mol. The molecule has 0 unspecified atom stereocenters. The molecule has 0 fully saturated rings. The molecule has 0 saturated heterocycles. The summed E-state index contributed by atoms with van der Waals surface area (Å²) < 4.78 is 0. The van der Waals surface area contributed by atoms with E-state index in [9.17, 15) is 0 Å². The molecule has 1 radical (unpaired) electrons. The summed E-state index contributed by atoms with van der Waals surface area (Å²) >= 11 is 0. The van der Waals surface area contributed by atoms with Gasteiger partial charge in [0, 0.05) is 50.9 Å². The van der Waals surface area contributed by atoms with Gasteiger partial charge in [-0.3, -0.25) is 0 Å². The Kier molecular flexibility index (Phi) is 177. The van der Waals surface area contributed by atoms with Gasteiger partial charge in [-0.05, 0) is 0 Å². The van der Waals surface area contributed by atoms with Gasteiger partial charge in [0.25, 0.3) is 0 Å². The third-order valence-corrected chi connectivity index (χ3v) is 0. The van der Waals surface area contributed by atoms with Crippen molar-refractivity contribution in [3.05, 3.63) is 0 Å². The maximum Gasteiger partial charge on any atom is 0.187 e. The van der Waals surface area contributed by atoms with Gasteiger partial charge < -0.3 is 0 Å². The summed E-state index contributed by atoms with van der Waals surface area (Å²) in [5, 5.41) is 0. The molecule has 0 aliphatic carbocycles. The molecule has 0 heterocycles. The first-order valence-corrected chi connectivity index (χ1v) is 0. The summed E-state index contributed by atoms with van der Waals surface area (Å²) in [7, 11) is 0. The standard InChI is InChI=1S/Al.Cr.Cu.Ni.3H. The van der Waals surface area contributed by atoms with Crippen molar-refractivity contribution >= 4 is 17.4 Å². The van der Waals surface area contributed by atoms with Crippen molar-refractivity contribution in [3.63, 3.8) is 0 Å². The van der Waals surface area contributed by atoms with E-state index in [-0.39, 0.29) is 68.3 Å². The van der Waals surface area contributed by atoms with Crippen molar-refractivity contribution in [1.82, 2.24) is 0 Å². The Labute approximate surface area is 67.8 Å². The Hall–Kier alpha value is 2.08. The van der Waals surface area contributed by atoms with Crippen LogP contribution < -0.4 is 0 Å². The molecule has 0 saturated carbocycles. The Morgan fingerprint density at radius 1 is 1.00 bits per heavy atom. The first kappa shape index (κ1) is 36.3. The van der Waals surface area contributed by atoms with Gasteiger partial charge in [0.05, 0.1) is 0 Å². The molecule has 0 rings (SSSR count). The summed E-state index contributed by atoms with van der Waals surface area (Å²) in [5.41, 5.74) is 0. The first-order valence-electron chi connectivity index (χ1n) is 0. The fourth-order valence-electron chi connectivity index (χ4n) is 0. The minimum absolute atomic E-state index is 0. The smallest absolute Gasteiger partial charge is 0 e. The van der Waals surface area contributed by atoms with E-state index in [0.29, 0.717) is 0 Å². The number of hydrogen-bond acceptors (Lipinski definition) is 0. The Balaban J connectivity index is 0. The fourth-order valence-corrected chi connectivity index (χ4v) is 0. The van der Waals surface area contributed by atoms with Crippen LogP contribution in [0.15, 0.2) is 0 Å². The summed E-state index contributed by atoms with van der Waals surface area (Å²) in [6, 6.07) is 0. The first-order chi connectivity index (χ1) is 0. The summed E-state index contributed by atoms with van der Waals surface area (Å²) in [5.74, 6) is 0. The van der Waals surface area contributed by atoms with E-state index in [4.69, 9.17) is 0 Å². The molecule has 0 aliphatic rings. The van der Waals surface area contributed by atoms with Gasteiger partial charge in [-0.25, -0.2) is 0 Å². The van der Waals surface area contributed by atoms with Crippen LogP contribution >= 0.6 is 0 Å². The summed E-state index contributed by atoms with van der Waals surface area (Å²) in [6.07, 6.45) is 0. The SMILES string of the molecule is [AlH3].[Cr].[Cu].[Ni]. The van der Waals surface area contributed by atoms with E-state index < -0.39 is 0 Å². The number of rotatable bonds is 0. The van der Waals surface area contributed by atoms with E-state index in [1.165, 1.54) is 0 Å². The second kappa shape index (κ2) is 19.6. The van der Waals surface area contributed by atoms with Crippen molar-refractivity contribution in [2.75, 3.05) is 0 Å². The Morgan fingerprint density at radius 2 is 1.00 bits per heavy atom. The molecule has 33 valence electrons. The summed E-state index contributed by atoms with van der Waals surface area (Å²) in [4.78, 5) is 0. The molecule has 0 atom stereocenters. The van der Waals surface area contributed by atoms with Gasteiger partial charge in [-0.1, -0.05) is 0 Å². The topological polar surface area (TPSA) is 0 Å². The van der Waals surface area contributed by atoms with Crippen LogP contribution in [0, 0.1) is 0 Å². The van der Waals surface area contributed by atoms with Crippen molar-refractivity contribution in [1.29, 1.82) is 0 Å². The zero-order valence-corrected chi connectivity index (χ0v) is 4.23. The molecule has 0 bridgehead atoms. The molecular weight excluding hydrogens is 201 g/mol. The molecular formula is H3AlCrCuNi. The van der Waals surface area contributed by atoms with E-state index >= 15 is 0 Å². The molecule has 4 heavy (non-hydrogen) atoms. The fraction of sp³-hybridized carbons (Fsp3) is 0. The molecule has 0 N–H and O–H groups in total. The zero-order chi connectivity index (χ0) is 0. The molecule has 0 amide bonds. The van der Waals surface area contributed by atoms with Crippen LogP contribution in [0.3, 0.4) is 0 Å². The van der Waals surface area contributed by atoms with Crippen LogP contribution in [0.1, 0.15) is 0 Å². The molecule has 0 aliphatic heterocycles. The third-order valence-electron chi connectivity index (χ3n) is 0. The van der Waals surface area contributed by atoms with Crippen LogP contribution in [0.5, 0.6) is 0 Å². The van der Waals surface area contributed by atoms with Crippen molar-refractivity contribution in [3.8, 4) is 0 Å². The minimum Gasteiger partial charge on any atom is 0 e. The van der Waals surface area contributed by atoms with Gasteiger partial charge in [0.15, 0.2) is 17.4 Å². The molecule has 0 aromatic rings. The van der Waals surface area contributed by atoms with Gasteiger partial charge >= 0.3 is 0 Å². The normalized spacial score (nSPS) is 0. The van der Waals surface area contributed by atoms with E-state index in [2.05, 4.69) is 0 Å². The predicted octanol–water partition coefficient (Wildman–Crippen LogP) is -1.19. The van der Waals surface area contributed by atoms with Crippen molar-refractivity contribution < 1.29 is 50.9 Å². The summed E-state index contributed by atoms with van der Waals surface area (Å²) in [6.45, 7) is 0. The van der Waals surface area contributed by atoms with Gasteiger partial charge in [-0.15, -0.1) is 0 Å². The Morgan fingerprint density at radius 3 is 1.00 bits per heavy atom. The Bertz CT molecular complexity index is 8.00. The molecule has 0 aromatic carbocycles. The van der Waals surface area contributed by atoms with E-state index in [1.54, 1.807) is 0 Å². The molecule has 0 spiro atoms. The zero-order valence-electron chi connectivity index (χ0n) is 1.03. The van der Waals surface area contributed by atoms with Crippen LogP contribution in [0.25, 0.3) is 0 Å². The van der Waals surface area contributed by atoms with Crippen LogP contribution in [0.2, 0.25) is 0 Å². The average Bonchev–Trinajstić information content (AvgIpc) is 0. The number of hydrogen-bond donors (Lipinski definition) is 0. The van der Waals surface area contributed by atoms with Gasteiger partial charge in [0.2, 0.25) is 0 Å². The van der Waals surface area contributed by atoms with Gasteiger partial charge in [-0.2, -0.15) is 0 Å². The largest absolute Gasteiger partial charge is 0.187 e. The third kappa shape index (κ3) is 8.95. The second-order valence-electron chi connectivity index (χ2n) is 0. The van der Waals surface area contributed by atoms with E-state index in [1.807, 2.05) is 0 Å². The maximum absolute atomic E-state index is 0. The van der Waals surface area contributed by atoms with E-state index in [0.717, 1.165) is 0 Å². The second-order valence-corrected chi connectivity index (χ2v) is 0. The van der Waals surface area contributed by atoms with Gasteiger partial charge in [0.1, 0.15) is 0 Å². The molecule has 4 heteroatoms. The minimum atomic E-state index is 0. The average molecular weight is 204 g/mol. The molecule has 0 aromatic heterocycles. The predicted molar refractivity (Wildman–Crippen MR) is 9.94 cm³/mol. The maximum atomic E-state index is 0. The van der Waals surface area contributed by atoms with Crippen LogP contribution in [-0.4, -0.2) is 17.4 Å². The van der Waals surface area contributed by atoms with Crippen LogP contribution in [-0.2, 0) is 50.9 Å². The quantitative estimate of drug-likeness (QED) is 0.435. The van der Waals surface area contributed by atoms with Crippen LogP contribution in [0.4, 0.5) is 0 Å². The van der Waals surface area contributed by atoms with Crippen molar-refractivity contribution in [2.45, 2.75) is 0 Å².